The van der Waals surface area contributed by atoms with Crippen molar-refractivity contribution in [2.45, 2.75) is 19.9 Å². The lowest BCUT2D eigenvalue weighted by Crippen LogP contribution is -2.06. The van der Waals surface area contributed by atoms with Gasteiger partial charge in [-0.05, 0) is 9.91 Å². The first-order valence-corrected chi connectivity index (χ1v) is 3.81. The predicted octanol–water partition coefficient (Wildman–Crippen LogP) is 0.770. The van der Waals surface area contributed by atoms with Crippen molar-refractivity contribution in [2.24, 2.45) is 0 Å². The Balaban J connectivity index is 2.69. The van der Waals surface area contributed by atoms with Crippen molar-refractivity contribution >= 4 is 11.6 Å². The fraction of sp³-hybridized carbons (Fsp3) is 0.429. The maximum absolute atomic E-state index is 10.9. The second kappa shape index (κ2) is 3.79. The van der Waals surface area contributed by atoms with Crippen LogP contribution in [-0.2, 0) is 11.3 Å². The molecule has 13 heavy (non-hydrogen) atoms. The zero-order valence-corrected chi connectivity index (χ0v) is 7.14. The molecule has 0 amide bonds. The number of ketones is 1. The number of rotatable bonds is 4. The van der Waals surface area contributed by atoms with Crippen molar-refractivity contribution in [1.82, 2.24) is 9.55 Å². The topological polar surface area (TPSA) is 78.0 Å². The molecule has 0 aliphatic heterocycles. The van der Waals surface area contributed by atoms with Crippen LogP contribution >= 0.6 is 0 Å². The Morgan fingerprint density at radius 3 is 2.92 bits per heavy atom. The average Bonchev–Trinajstić information content (AvgIpc) is 2.52. The van der Waals surface area contributed by atoms with E-state index in [0.29, 0.717) is 6.42 Å². The molecule has 6 heteroatoms. The molecule has 1 aromatic heterocycles. The molecule has 0 spiro atoms. The van der Waals surface area contributed by atoms with E-state index in [4.69, 9.17) is 0 Å². The van der Waals surface area contributed by atoms with E-state index in [1.807, 2.05) is 0 Å². The number of carbonyl (C=O) groups is 1. The van der Waals surface area contributed by atoms with Crippen LogP contribution in [0.4, 0.5) is 5.82 Å². The standard InChI is InChI=1S/C7H9N3O3/c1-2-6(11)3-9-4-7(8-5-9)10(12)13/h4-5H,2-3H2,1H3. The maximum Gasteiger partial charge on any atom is 0.381 e. The van der Waals surface area contributed by atoms with E-state index in [1.165, 1.54) is 17.1 Å². The molecular formula is C7H9N3O3. The van der Waals surface area contributed by atoms with E-state index in [2.05, 4.69) is 4.98 Å². The van der Waals surface area contributed by atoms with Gasteiger partial charge in [0, 0.05) is 6.42 Å². The largest absolute Gasteiger partial charge is 0.381 e. The summed E-state index contributed by atoms with van der Waals surface area (Å²) in [5.74, 6) is -0.212. The van der Waals surface area contributed by atoms with Gasteiger partial charge in [0.2, 0.25) is 6.33 Å². The number of hydrogen-bond donors (Lipinski definition) is 0. The molecule has 70 valence electrons. The van der Waals surface area contributed by atoms with Crippen molar-refractivity contribution in [3.8, 4) is 0 Å². The van der Waals surface area contributed by atoms with Gasteiger partial charge in [0.25, 0.3) is 0 Å². The van der Waals surface area contributed by atoms with Crippen molar-refractivity contribution in [1.29, 1.82) is 0 Å². The highest BCUT2D eigenvalue weighted by Crippen LogP contribution is 2.05. The number of nitro groups is 1. The zero-order valence-electron chi connectivity index (χ0n) is 7.14. The van der Waals surface area contributed by atoms with Crippen LogP contribution < -0.4 is 0 Å². The molecule has 0 bridgehead atoms. The van der Waals surface area contributed by atoms with E-state index >= 15 is 0 Å². The van der Waals surface area contributed by atoms with Gasteiger partial charge >= 0.3 is 5.82 Å². The van der Waals surface area contributed by atoms with Gasteiger partial charge < -0.3 is 14.7 Å². The molecule has 0 saturated heterocycles. The predicted molar refractivity (Wildman–Crippen MR) is 44.2 cm³/mol. The summed E-state index contributed by atoms with van der Waals surface area (Å²) in [6.45, 7) is 1.89. The van der Waals surface area contributed by atoms with E-state index in [0.717, 1.165) is 0 Å². The minimum Gasteiger partial charge on any atom is -0.358 e. The molecule has 0 unspecified atom stereocenters. The average molecular weight is 183 g/mol. The summed E-state index contributed by atoms with van der Waals surface area (Å²) in [5.41, 5.74) is 0. The first-order chi connectivity index (χ1) is 6.13. The molecule has 0 aliphatic carbocycles. The molecule has 1 rings (SSSR count). The normalized spacial score (nSPS) is 9.92. The molecule has 6 nitrogen and oxygen atoms in total. The third-order valence-corrected chi connectivity index (χ3v) is 1.56. The van der Waals surface area contributed by atoms with Gasteiger partial charge in [-0.25, -0.2) is 0 Å². The Hall–Kier alpha value is -1.72. The highest BCUT2D eigenvalue weighted by molar-refractivity contribution is 5.77. The van der Waals surface area contributed by atoms with Crippen LogP contribution in [0.2, 0.25) is 0 Å². The van der Waals surface area contributed by atoms with Crippen molar-refractivity contribution in [2.75, 3.05) is 0 Å². The summed E-state index contributed by atoms with van der Waals surface area (Å²) < 4.78 is 1.41. The van der Waals surface area contributed by atoms with Gasteiger partial charge in [-0.3, -0.25) is 4.79 Å². The maximum atomic E-state index is 10.9. The van der Waals surface area contributed by atoms with E-state index in [1.54, 1.807) is 6.92 Å². The summed E-state index contributed by atoms with van der Waals surface area (Å²) in [4.78, 5) is 24.1. The van der Waals surface area contributed by atoms with E-state index in [-0.39, 0.29) is 18.1 Å². The quantitative estimate of drug-likeness (QED) is 0.510. The molecule has 0 fully saturated rings. The summed E-state index contributed by atoms with van der Waals surface area (Å²) in [5, 5.41) is 10.2. The Morgan fingerprint density at radius 1 is 1.77 bits per heavy atom. The van der Waals surface area contributed by atoms with Gasteiger partial charge in [0.15, 0.2) is 5.78 Å². The third kappa shape index (κ3) is 2.36. The second-order valence-corrected chi connectivity index (χ2v) is 2.55. The highest BCUT2D eigenvalue weighted by Gasteiger charge is 2.10. The Labute approximate surface area is 74.3 Å². The molecule has 1 heterocycles. The van der Waals surface area contributed by atoms with Crippen molar-refractivity contribution in [3.63, 3.8) is 0 Å². The number of carbonyl (C=O) groups excluding carboxylic acids is 1. The number of nitrogens with zero attached hydrogens (tertiary/aromatic N) is 3. The lowest BCUT2D eigenvalue weighted by atomic mass is 10.3. The van der Waals surface area contributed by atoms with Crippen LogP contribution in [0.5, 0.6) is 0 Å². The minimum absolute atomic E-state index is 0.0206. The number of hydrogen-bond acceptors (Lipinski definition) is 4. The van der Waals surface area contributed by atoms with Crippen molar-refractivity contribution in [3.05, 3.63) is 22.6 Å². The van der Waals surface area contributed by atoms with Crippen molar-refractivity contribution < 1.29 is 9.72 Å². The SMILES string of the molecule is CCC(=O)Cn1cnc([N+](=O)[O-])c1. The van der Waals surface area contributed by atoms with E-state index in [9.17, 15) is 14.9 Å². The van der Waals surface area contributed by atoms with Crippen LogP contribution in [0.3, 0.4) is 0 Å². The van der Waals surface area contributed by atoms with Crippen LogP contribution in [0.1, 0.15) is 13.3 Å². The van der Waals surface area contributed by atoms with Gasteiger partial charge in [0.05, 0.1) is 6.54 Å². The third-order valence-electron chi connectivity index (χ3n) is 1.56. The van der Waals surface area contributed by atoms with Gasteiger partial charge in [0.1, 0.15) is 6.20 Å². The van der Waals surface area contributed by atoms with E-state index < -0.39 is 4.92 Å². The van der Waals surface area contributed by atoms with Gasteiger partial charge in [-0.1, -0.05) is 6.92 Å². The van der Waals surface area contributed by atoms with Gasteiger partial charge in [-0.15, -0.1) is 0 Å². The summed E-state index contributed by atoms with van der Waals surface area (Å²) in [6.07, 6.45) is 2.95. The fourth-order valence-corrected chi connectivity index (χ4v) is 0.844. The summed E-state index contributed by atoms with van der Waals surface area (Å²) in [6, 6.07) is 0. The molecule has 0 radical (unpaired) electrons. The molecule has 1 aromatic rings. The number of Topliss-reactive ketones (excluding diaryl/α,β-unsaturated/α-hetero) is 1. The first kappa shape index (κ1) is 9.37. The molecular weight excluding hydrogens is 174 g/mol. The van der Waals surface area contributed by atoms with Crippen LogP contribution in [0, 0.1) is 10.1 Å². The van der Waals surface area contributed by atoms with Crippen LogP contribution in [-0.4, -0.2) is 20.3 Å². The summed E-state index contributed by atoms with van der Waals surface area (Å²) in [7, 11) is 0. The monoisotopic (exact) mass is 183 g/mol. The Kier molecular flexibility index (Phi) is 2.73. The smallest absolute Gasteiger partial charge is 0.358 e. The Morgan fingerprint density at radius 2 is 2.46 bits per heavy atom. The summed E-state index contributed by atoms with van der Waals surface area (Å²) >= 11 is 0. The molecule has 0 N–H and O–H groups in total. The number of imidazole rings is 1. The second-order valence-electron chi connectivity index (χ2n) is 2.55. The molecule has 0 aromatic carbocycles. The molecule has 0 atom stereocenters. The molecule has 0 aliphatic rings. The first-order valence-electron chi connectivity index (χ1n) is 3.81. The highest BCUT2D eigenvalue weighted by atomic mass is 16.6. The minimum atomic E-state index is -0.590. The van der Waals surface area contributed by atoms with Crippen LogP contribution in [0.15, 0.2) is 12.5 Å². The van der Waals surface area contributed by atoms with Gasteiger partial charge in [-0.2, -0.15) is 0 Å². The lowest BCUT2D eigenvalue weighted by molar-refractivity contribution is -0.389. The number of aromatic nitrogens is 2. The molecule has 0 saturated carbocycles. The van der Waals surface area contributed by atoms with Crippen LogP contribution in [0.25, 0.3) is 0 Å². The Bertz CT molecular complexity index is 331. The lowest BCUT2D eigenvalue weighted by Gasteiger charge is -1.94. The fourth-order valence-electron chi connectivity index (χ4n) is 0.844. The zero-order chi connectivity index (χ0) is 9.84.